The Morgan fingerprint density at radius 2 is 2.12 bits per heavy atom. The third-order valence-electron chi connectivity index (χ3n) is 4.35. The molecule has 0 saturated carbocycles. The Labute approximate surface area is 147 Å². The number of anilines is 2. The number of rotatable bonds is 5. The maximum Gasteiger partial charge on any atom is 0.226 e. The minimum absolute atomic E-state index is 0.0283. The first-order chi connectivity index (χ1) is 11.6. The van der Waals surface area contributed by atoms with Crippen molar-refractivity contribution in [2.75, 3.05) is 30.4 Å². The minimum Gasteiger partial charge on any atom is -0.495 e. The van der Waals surface area contributed by atoms with Crippen LogP contribution in [0.5, 0.6) is 5.75 Å². The summed E-state index contributed by atoms with van der Waals surface area (Å²) in [5.41, 5.74) is 4.16. The van der Waals surface area contributed by atoms with E-state index >= 15 is 0 Å². The lowest BCUT2D eigenvalue weighted by Gasteiger charge is -2.19. The van der Waals surface area contributed by atoms with Crippen molar-refractivity contribution in [1.82, 2.24) is 0 Å². The first-order valence-corrected chi connectivity index (χ1v) is 8.43. The van der Waals surface area contributed by atoms with Crippen LogP contribution >= 0.6 is 11.6 Å². The van der Waals surface area contributed by atoms with Gasteiger partial charge in [0.15, 0.2) is 0 Å². The van der Waals surface area contributed by atoms with Gasteiger partial charge in [-0.25, -0.2) is 0 Å². The molecule has 0 radical (unpaired) electrons. The molecule has 0 aromatic heterocycles. The van der Waals surface area contributed by atoms with Crippen LogP contribution in [0.4, 0.5) is 11.4 Å². The highest BCUT2D eigenvalue weighted by Crippen LogP contribution is 2.31. The predicted octanol–water partition coefficient (Wildman–Crippen LogP) is 4.05. The molecule has 2 aromatic rings. The Bertz CT molecular complexity index is 761. The third-order valence-corrected chi connectivity index (χ3v) is 4.75. The van der Waals surface area contributed by atoms with E-state index in [1.165, 1.54) is 11.3 Å². The summed E-state index contributed by atoms with van der Waals surface area (Å²) < 4.78 is 5.30. The molecule has 1 amide bonds. The quantitative estimate of drug-likeness (QED) is 0.889. The van der Waals surface area contributed by atoms with Crippen LogP contribution in [0.2, 0.25) is 5.02 Å². The Hall–Kier alpha value is -2.20. The van der Waals surface area contributed by atoms with Crippen LogP contribution < -0.4 is 15.0 Å². The van der Waals surface area contributed by atoms with Crippen LogP contribution in [0.25, 0.3) is 0 Å². The lowest BCUT2D eigenvalue weighted by atomic mass is 10.2. The molecule has 4 nitrogen and oxygen atoms in total. The number of benzene rings is 2. The van der Waals surface area contributed by atoms with Crippen molar-refractivity contribution < 1.29 is 9.53 Å². The molecule has 0 fully saturated rings. The molecule has 0 spiro atoms. The Morgan fingerprint density at radius 1 is 1.33 bits per heavy atom. The van der Waals surface area contributed by atoms with Crippen LogP contribution in [-0.4, -0.2) is 26.1 Å². The molecule has 0 atom stereocenters. The molecule has 0 bridgehead atoms. The molecule has 1 N–H and O–H groups in total. The predicted molar refractivity (Wildman–Crippen MR) is 98.3 cm³/mol. The Morgan fingerprint density at radius 3 is 2.92 bits per heavy atom. The number of hydrogen-bond donors (Lipinski definition) is 1. The fraction of sp³-hybridized carbons (Fsp3) is 0.316. The van der Waals surface area contributed by atoms with Gasteiger partial charge in [-0.05, 0) is 36.6 Å². The Balaban J connectivity index is 1.62. The fourth-order valence-electron chi connectivity index (χ4n) is 3.02. The van der Waals surface area contributed by atoms with E-state index < -0.39 is 0 Å². The molecule has 24 heavy (non-hydrogen) atoms. The third kappa shape index (κ3) is 3.49. The highest BCUT2D eigenvalue weighted by molar-refractivity contribution is 6.31. The highest BCUT2D eigenvalue weighted by Gasteiger charge is 2.19. The van der Waals surface area contributed by atoms with E-state index in [1.807, 2.05) is 19.1 Å². The van der Waals surface area contributed by atoms with E-state index in [2.05, 4.69) is 28.4 Å². The van der Waals surface area contributed by atoms with Crippen molar-refractivity contribution in [1.29, 1.82) is 0 Å². The van der Waals surface area contributed by atoms with Crippen LogP contribution in [0.3, 0.4) is 0 Å². The largest absolute Gasteiger partial charge is 0.495 e. The maximum atomic E-state index is 12.3. The smallest absolute Gasteiger partial charge is 0.226 e. The number of amides is 1. The van der Waals surface area contributed by atoms with Gasteiger partial charge in [0.2, 0.25) is 5.91 Å². The number of halogens is 1. The number of carbonyl (C=O) groups excluding carboxylic acids is 1. The lowest BCUT2D eigenvalue weighted by molar-refractivity contribution is -0.116. The minimum atomic E-state index is -0.0283. The normalized spacial score (nSPS) is 12.9. The van der Waals surface area contributed by atoms with Crippen LogP contribution in [0, 0.1) is 6.92 Å². The van der Waals surface area contributed by atoms with Gasteiger partial charge in [0.05, 0.1) is 12.8 Å². The molecular weight excluding hydrogens is 324 g/mol. The van der Waals surface area contributed by atoms with E-state index in [4.69, 9.17) is 16.3 Å². The second kappa shape index (κ2) is 7.14. The van der Waals surface area contributed by atoms with Gasteiger partial charge in [-0.3, -0.25) is 4.79 Å². The summed E-state index contributed by atoms with van der Waals surface area (Å²) in [4.78, 5) is 14.6. The maximum absolute atomic E-state index is 12.3. The van der Waals surface area contributed by atoms with Crippen molar-refractivity contribution in [2.45, 2.75) is 19.8 Å². The number of nitrogens with one attached hydrogen (secondary N) is 1. The summed E-state index contributed by atoms with van der Waals surface area (Å²) in [5, 5.41) is 3.55. The van der Waals surface area contributed by atoms with Gasteiger partial charge >= 0.3 is 0 Å². The molecule has 0 saturated heterocycles. The Kier molecular flexibility index (Phi) is 4.95. The van der Waals surface area contributed by atoms with Crippen LogP contribution in [0.15, 0.2) is 36.4 Å². The molecule has 5 heteroatoms. The summed E-state index contributed by atoms with van der Waals surface area (Å²) in [6, 6.07) is 11.9. The molecule has 126 valence electrons. The van der Waals surface area contributed by atoms with Gasteiger partial charge in [-0.1, -0.05) is 29.8 Å². The number of aryl methyl sites for hydroxylation is 1. The average Bonchev–Trinajstić information content (AvgIpc) is 2.99. The first-order valence-electron chi connectivity index (χ1n) is 8.05. The van der Waals surface area contributed by atoms with E-state index in [0.717, 1.165) is 18.5 Å². The van der Waals surface area contributed by atoms with Crippen molar-refractivity contribution >= 4 is 28.9 Å². The number of fused-ring (bicyclic) bond motifs is 1. The molecular formula is C19H21ClN2O2. The highest BCUT2D eigenvalue weighted by atomic mass is 35.5. The van der Waals surface area contributed by atoms with Crippen molar-refractivity contribution in [3.05, 3.63) is 52.5 Å². The van der Waals surface area contributed by atoms with Gasteiger partial charge in [0, 0.05) is 36.3 Å². The molecule has 1 aliphatic heterocycles. The molecule has 2 aromatic carbocycles. The van der Waals surface area contributed by atoms with Crippen molar-refractivity contribution in [3.63, 3.8) is 0 Å². The van der Waals surface area contributed by atoms with Gasteiger partial charge in [0.25, 0.3) is 0 Å². The van der Waals surface area contributed by atoms with E-state index in [1.54, 1.807) is 13.2 Å². The molecule has 3 rings (SSSR count). The second-order valence-electron chi connectivity index (χ2n) is 5.97. The zero-order valence-corrected chi connectivity index (χ0v) is 14.7. The molecule has 1 aliphatic rings. The summed E-state index contributed by atoms with van der Waals surface area (Å²) in [6.07, 6.45) is 1.47. The summed E-state index contributed by atoms with van der Waals surface area (Å²) in [7, 11) is 1.57. The standard InChI is InChI=1S/C19H21ClN2O2/c1-13-11-16(18(24-2)12-15(13)20)21-19(23)8-10-22-9-7-14-5-3-4-6-17(14)22/h3-6,11-12H,7-10H2,1-2H3,(H,21,23). The second-order valence-corrected chi connectivity index (χ2v) is 6.37. The average molecular weight is 345 g/mol. The lowest BCUT2D eigenvalue weighted by Crippen LogP contribution is -2.26. The van der Waals surface area contributed by atoms with Crippen LogP contribution in [0.1, 0.15) is 17.5 Å². The molecule has 0 unspecified atom stereocenters. The molecule has 0 aliphatic carbocycles. The van der Waals surface area contributed by atoms with Crippen molar-refractivity contribution in [2.24, 2.45) is 0 Å². The summed E-state index contributed by atoms with van der Waals surface area (Å²) in [6.45, 7) is 3.58. The SMILES string of the molecule is COc1cc(Cl)c(C)cc1NC(=O)CCN1CCc2ccccc21. The number of nitrogens with zero attached hydrogens (tertiary/aromatic N) is 1. The van der Waals surface area contributed by atoms with Gasteiger partial charge in [0.1, 0.15) is 5.75 Å². The van der Waals surface area contributed by atoms with E-state index in [-0.39, 0.29) is 5.91 Å². The summed E-state index contributed by atoms with van der Waals surface area (Å²) in [5.74, 6) is 0.546. The van der Waals surface area contributed by atoms with Gasteiger partial charge in [-0.15, -0.1) is 0 Å². The number of methoxy groups -OCH3 is 1. The zero-order valence-electron chi connectivity index (χ0n) is 13.9. The zero-order chi connectivity index (χ0) is 17.1. The van der Waals surface area contributed by atoms with E-state index in [0.29, 0.717) is 29.4 Å². The fourth-order valence-corrected chi connectivity index (χ4v) is 3.17. The number of hydrogen-bond acceptors (Lipinski definition) is 3. The van der Waals surface area contributed by atoms with E-state index in [9.17, 15) is 4.79 Å². The van der Waals surface area contributed by atoms with Crippen molar-refractivity contribution in [3.8, 4) is 5.75 Å². The van der Waals surface area contributed by atoms with Gasteiger partial charge < -0.3 is 15.0 Å². The first kappa shape index (κ1) is 16.7. The number of ether oxygens (including phenoxy) is 1. The topological polar surface area (TPSA) is 41.6 Å². The number of carbonyl (C=O) groups is 1. The van der Waals surface area contributed by atoms with Crippen LogP contribution in [-0.2, 0) is 11.2 Å². The van der Waals surface area contributed by atoms with Gasteiger partial charge in [-0.2, -0.15) is 0 Å². The molecule has 1 heterocycles. The monoisotopic (exact) mass is 344 g/mol. The number of para-hydroxylation sites is 1. The summed E-state index contributed by atoms with van der Waals surface area (Å²) >= 11 is 6.10.